The fraction of sp³-hybridized carbons (Fsp3) is 0.222. The van der Waals surface area contributed by atoms with Crippen molar-refractivity contribution in [2.24, 2.45) is 0 Å². The Hall–Kier alpha value is -2.39. The highest BCUT2D eigenvalue weighted by molar-refractivity contribution is 7.14. The predicted molar refractivity (Wildman–Crippen MR) is 98.7 cm³/mol. The van der Waals surface area contributed by atoms with E-state index in [1.165, 1.54) is 34.4 Å². The number of halogens is 3. The second kappa shape index (κ2) is 8.10. The quantitative estimate of drug-likeness (QED) is 0.574. The molecule has 3 aromatic rings. The third kappa shape index (κ3) is 5.30. The molecule has 0 atom stereocenters. The van der Waals surface area contributed by atoms with Crippen molar-refractivity contribution in [3.8, 4) is 16.3 Å². The SMILES string of the molecule is CN(Cc1ccccc1OC(F)(F)F)C(=O)Cc1csc(-c2ccsc2)n1. The van der Waals surface area contributed by atoms with Crippen molar-refractivity contribution in [3.63, 3.8) is 0 Å². The van der Waals surface area contributed by atoms with Gasteiger partial charge in [-0.25, -0.2) is 4.98 Å². The molecule has 0 saturated heterocycles. The summed E-state index contributed by atoms with van der Waals surface area (Å²) in [6, 6.07) is 7.74. The summed E-state index contributed by atoms with van der Waals surface area (Å²) >= 11 is 3.02. The molecule has 2 aromatic heterocycles. The Morgan fingerprint density at radius 3 is 2.70 bits per heavy atom. The minimum absolute atomic E-state index is 0.00656. The van der Waals surface area contributed by atoms with Crippen molar-refractivity contribution in [3.05, 3.63) is 57.7 Å². The van der Waals surface area contributed by atoms with Gasteiger partial charge in [-0.1, -0.05) is 18.2 Å². The van der Waals surface area contributed by atoms with Crippen LogP contribution in [-0.2, 0) is 17.8 Å². The molecule has 142 valence electrons. The Labute approximate surface area is 161 Å². The first kappa shape index (κ1) is 19.4. The normalized spacial score (nSPS) is 11.4. The summed E-state index contributed by atoms with van der Waals surface area (Å²) < 4.78 is 41.6. The van der Waals surface area contributed by atoms with Crippen LogP contribution in [0.15, 0.2) is 46.5 Å². The molecule has 0 unspecified atom stereocenters. The first-order chi connectivity index (χ1) is 12.8. The molecule has 0 fully saturated rings. The van der Waals surface area contributed by atoms with E-state index in [4.69, 9.17) is 0 Å². The number of nitrogens with zero attached hydrogens (tertiary/aromatic N) is 2. The zero-order valence-corrected chi connectivity index (χ0v) is 15.8. The van der Waals surface area contributed by atoms with Gasteiger partial charge in [-0.05, 0) is 17.5 Å². The number of para-hydroxylation sites is 1. The maximum atomic E-state index is 12.5. The molecule has 0 radical (unpaired) electrons. The first-order valence-corrected chi connectivity index (χ1v) is 9.68. The van der Waals surface area contributed by atoms with Crippen LogP contribution in [0.1, 0.15) is 11.3 Å². The van der Waals surface area contributed by atoms with Gasteiger partial charge in [-0.2, -0.15) is 11.3 Å². The van der Waals surface area contributed by atoms with Crippen molar-refractivity contribution in [1.82, 2.24) is 9.88 Å². The van der Waals surface area contributed by atoms with Crippen LogP contribution in [0.5, 0.6) is 5.75 Å². The van der Waals surface area contributed by atoms with Crippen LogP contribution in [0.3, 0.4) is 0 Å². The number of carbonyl (C=O) groups excluding carboxylic acids is 1. The van der Waals surface area contributed by atoms with E-state index in [1.807, 2.05) is 22.2 Å². The summed E-state index contributed by atoms with van der Waals surface area (Å²) in [7, 11) is 1.54. The lowest BCUT2D eigenvalue weighted by Gasteiger charge is -2.19. The number of likely N-dealkylation sites (N-methyl/N-ethyl adjacent to an activating group) is 1. The highest BCUT2D eigenvalue weighted by atomic mass is 32.1. The molecule has 1 amide bonds. The van der Waals surface area contributed by atoms with Crippen molar-refractivity contribution < 1.29 is 22.7 Å². The van der Waals surface area contributed by atoms with Gasteiger partial charge in [0.2, 0.25) is 5.91 Å². The molecule has 3 rings (SSSR count). The zero-order chi connectivity index (χ0) is 19.4. The Morgan fingerprint density at radius 1 is 1.22 bits per heavy atom. The third-order valence-corrected chi connectivity index (χ3v) is 5.31. The highest BCUT2D eigenvalue weighted by Crippen LogP contribution is 2.28. The number of amides is 1. The molecule has 0 N–H and O–H groups in total. The molecule has 4 nitrogen and oxygen atoms in total. The molecule has 2 heterocycles. The number of ether oxygens (including phenoxy) is 1. The van der Waals surface area contributed by atoms with Crippen LogP contribution in [0.2, 0.25) is 0 Å². The average Bonchev–Trinajstić information content (AvgIpc) is 3.26. The van der Waals surface area contributed by atoms with Crippen molar-refractivity contribution in [2.45, 2.75) is 19.3 Å². The van der Waals surface area contributed by atoms with Gasteiger partial charge < -0.3 is 9.64 Å². The van der Waals surface area contributed by atoms with E-state index in [0.717, 1.165) is 10.6 Å². The maximum absolute atomic E-state index is 12.5. The molecule has 0 spiro atoms. The van der Waals surface area contributed by atoms with Crippen LogP contribution in [0.4, 0.5) is 13.2 Å². The lowest BCUT2D eigenvalue weighted by atomic mass is 10.2. The van der Waals surface area contributed by atoms with Gasteiger partial charge in [-0.15, -0.1) is 24.5 Å². The zero-order valence-electron chi connectivity index (χ0n) is 14.2. The number of thiazole rings is 1. The van der Waals surface area contributed by atoms with Gasteiger partial charge in [0.15, 0.2) is 0 Å². The van der Waals surface area contributed by atoms with E-state index in [-0.39, 0.29) is 30.2 Å². The molecule has 0 saturated carbocycles. The Kier molecular flexibility index (Phi) is 5.81. The Balaban J connectivity index is 1.65. The Bertz CT molecular complexity index is 907. The number of benzene rings is 1. The van der Waals surface area contributed by atoms with Crippen LogP contribution < -0.4 is 4.74 Å². The minimum Gasteiger partial charge on any atom is -0.405 e. The van der Waals surface area contributed by atoms with E-state index in [1.54, 1.807) is 24.5 Å². The number of alkyl halides is 3. The minimum atomic E-state index is -4.78. The number of thiophene rings is 1. The summed E-state index contributed by atoms with van der Waals surface area (Å²) in [5.74, 6) is -0.544. The summed E-state index contributed by atoms with van der Waals surface area (Å²) in [4.78, 5) is 18.3. The molecule has 0 bridgehead atoms. The average molecular weight is 412 g/mol. The van der Waals surface area contributed by atoms with Crippen LogP contribution >= 0.6 is 22.7 Å². The summed E-state index contributed by atoms with van der Waals surface area (Å²) in [5.41, 5.74) is 1.93. The number of rotatable bonds is 6. The number of hydrogen-bond donors (Lipinski definition) is 0. The van der Waals surface area contributed by atoms with E-state index in [9.17, 15) is 18.0 Å². The number of carbonyl (C=O) groups is 1. The largest absolute Gasteiger partial charge is 0.573 e. The molecular weight excluding hydrogens is 397 g/mol. The maximum Gasteiger partial charge on any atom is 0.573 e. The highest BCUT2D eigenvalue weighted by Gasteiger charge is 2.32. The topological polar surface area (TPSA) is 42.4 Å². The first-order valence-electron chi connectivity index (χ1n) is 7.86. The molecule has 1 aromatic carbocycles. The van der Waals surface area contributed by atoms with E-state index in [0.29, 0.717) is 5.69 Å². The lowest BCUT2D eigenvalue weighted by molar-refractivity contribution is -0.275. The van der Waals surface area contributed by atoms with Gasteiger partial charge in [-0.3, -0.25) is 4.79 Å². The van der Waals surface area contributed by atoms with Gasteiger partial charge in [0, 0.05) is 35.5 Å². The van der Waals surface area contributed by atoms with Gasteiger partial charge in [0.25, 0.3) is 0 Å². The molecule has 0 aliphatic carbocycles. The lowest BCUT2D eigenvalue weighted by Crippen LogP contribution is -2.28. The predicted octanol–water partition coefficient (Wildman–Crippen LogP) is 4.97. The summed E-state index contributed by atoms with van der Waals surface area (Å²) in [6.07, 6.45) is -4.70. The van der Waals surface area contributed by atoms with Crippen LogP contribution in [0, 0.1) is 0 Å². The second-order valence-corrected chi connectivity index (χ2v) is 7.38. The van der Waals surface area contributed by atoms with Gasteiger partial charge in [0.05, 0.1) is 12.1 Å². The summed E-state index contributed by atoms with van der Waals surface area (Å²) in [6.45, 7) is 0.00656. The van der Waals surface area contributed by atoms with Crippen molar-refractivity contribution in [2.75, 3.05) is 7.05 Å². The molecule has 0 aliphatic rings. The number of hydrogen-bond acceptors (Lipinski definition) is 5. The van der Waals surface area contributed by atoms with E-state index < -0.39 is 6.36 Å². The van der Waals surface area contributed by atoms with Gasteiger partial charge in [0.1, 0.15) is 10.8 Å². The Morgan fingerprint density at radius 2 is 2.00 bits per heavy atom. The van der Waals surface area contributed by atoms with Crippen molar-refractivity contribution in [1.29, 1.82) is 0 Å². The molecule has 9 heteroatoms. The van der Waals surface area contributed by atoms with E-state index >= 15 is 0 Å². The van der Waals surface area contributed by atoms with Gasteiger partial charge >= 0.3 is 6.36 Å². The summed E-state index contributed by atoms with van der Waals surface area (Å²) in [5, 5.41) is 6.59. The van der Waals surface area contributed by atoms with Crippen molar-refractivity contribution >= 4 is 28.6 Å². The molecular formula is C18H15F3N2O2S2. The number of aromatic nitrogens is 1. The van der Waals surface area contributed by atoms with E-state index in [2.05, 4.69) is 9.72 Å². The third-order valence-electron chi connectivity index (χ3n) is 3.68. The fourth-order valence-electron chi connectivity index (χ4n) is 2.40. The fourth-order valence-corrected chi connectivity index (χ4v) is 3.93. The molecule has 27 heavy (non-hydrogen) atoms. The second-order valence-electron chi connectivity index (χ2n) is 5.74. The van der Waals surface area contributed by atoms with Crippen LogP contribution in [0.25, 0.3) is 10.6 Å². The monoisotopic (exact) mass is 412 g/mol. The van der Waals surface area contributed by atoms with Crippen LogP contribution in [-0.4, -0.2) is 29.2 Å². The molecule has 0 aliphatic heterocycles. The smallest absolute Gasteiger partial charge is 0.405 e. The standard InChI is InChI=1S/C18H15F3N2O2S2/c1-23(9-12-4-2-3-5-15(12)25-18(19,20)21)16(24)8-14-11-27-17(22-14)13-6-7-26-10-13/h2-7,10-11H,8-9H2,1H3.